The second kappa shape index (κ2) is 11.6. The molecule has 1 aliphatic rings. The topological polar surface area (TPSA) is 58.6 Å². The Morgan fingerprint density at radius 1 is 1.12 bits per heavy atom. The van der Waals surface area contributed by atoms with Crippen molar-refractivity contribution in [3.05, 3.63) is 63.6 Å². The number of halogens is 2. The van der Waals surface area contributed by atoms with Crippen LogP contribution in [-0.4, -0.2) is 35.4 Å². The van der Waals surface area contributed by atoms with E-state index in [0.717, 1.165) is 36.8 Å². The number of rotatable bonds is 9. The zero-order valence-electron chi connectivity index (χ0n) is 18.6. The van der Waals surface area contributed by atoms with Gasteiger partial charge in [0, 0.05) is 22.6 Å². The van der Waals surface area contributed by atoms with E-state index in [1.807, 2.05) is 26.0 Å². The molecule has 0 bridgehead atoms. The summed E-state index contributed by atoms with van der Waals surface area (Å²) in [5.74, 6) is 0.208. The largest absolute Gasteiger partial charge is 0.484 e. The van der Waals surface area contributed by atoms with Gasteiger partial charge in [-0.3, -0.25) is 9.59 Å². The monoisotopic (exact) mass is 476 g/mol. The third-order valence-electron chi connectivity index (χ3n) is 5.85. The highest BCUT2D eigenvalue weighted by molar-refractivity contribution is 6.31. The molecular weight excluding hydrogens is 447 g/mol. The maximum absolute atomic E-state index is 13.3. The van der Waals surface area contributed by atoms with Gasteiger partial charge in [0.05, 0.1) is 0 Å². The van der Waals surface area contributed by atoms with Crippen LogP contribution >= 0.6 is 23.2 Å². The van der Waals surface area contributed by atoms with Crippen LogP contribution in [0.5, 0.6) is 5.75 Å². The highest BCUT2D eigenvalue weighted by Gasteiger charge is 2.30. The molecule has 0 saturated heterocycles. The van der Waals surface area contributed by atoms with Crippen molar-refractivity contribution in [1.82, 2.24) is 10.2 Å². The molecule has 2 aromatic rings. The number of carbonyl (C=O) groups is 2. The van der Waals surface area contributed by atoms with Crippen molar-refractivity contribution >= 4 is 35.0 Å². The van der Waals surface area contributed by atoms with Crippen LogP contribution in [0.1, 0.15) is 50.2 Å². The van der Waals surface area contributed by atoms with Crippen molar-refractivity contribution in [2.45, 2.75) is 64.6 Å². The van der Waals surface area contributed by atoms with Crippen LogP contribution in [0.4, 0.5) is 0 Å². The van der Waals surface area contributed by atoms with Gasteiger partial charge in [-0.25, -0.2) is 0 Å². The SMILES string of the molecule is CC[C@H](C(=O)NC1CCCC1)N(Cc1ccc(Cl)cc1)C(=O)COc1ccc(Cl)c(C)c1. The van der Waals surface area contributed by atoms with Crippen molar-refractivity contribution < 1.29 is 14.3 Å². The third kappa shape index (κ3) is 6.63. The van der Waals surface area contributed by atoms with E-state index in [2.05, 4.69) is 5.32 Å². The van der Waals surface area contributed by atoms with Crippen molar-refractivity contribution in [3.8, 4) is 5.75 Å². The molecule has 1 fully saturated rings. The van der Waals surface area contributed by atoms with E-state index < -0.39 is 6.04 Å². The first kappa shape index (κ1) is 24.4. The molecule has 1 N–H and O–H groups in total. The second-order valence-corrected chi connectivity index (χ2v) is 9.11. The molecule has 2 amide bonds. The van der Waals surface area contributed by atoms with E-state index in [1.165, 1.54) is 0 Å². The summed E-state index contributed by atoms with van der Waals surface area (Å²) in [7, 11) is 0. The molecule has 0 aliphatic heterocycles. The first-order chi connectivity index (χ1) is 15.4. The summed E-state index contributed by atoms with van der Waals surface area (Å²) in [5, 5.41) is 4.40. The van der Waals surface area contributed by atoms with Crippen LogP contribution in [0, 0.1) is 6.92 Å². The number of carbonyl (C=O) groups excluding carboxylic acids is 2. The summed E-state index contributed by atoms with van der Waals surface area (Å²) in [6.45, 7) is 3.94. The van der Waals surface area contributed by atoms with Crippen LogP contribution in [0.25, 0.3) is 0 Å². The summed E-state index contributed by atoms with van der Waals surface area (Å²) in [6.07, 6.45) is 4.75. The van der Waals surface area contributed by atoms with Gasteiger partial charge in [-0.2, -0.15) is 0 Å². The lowest BCUT2D eigenvalue weighted by Crippen LogP contribution is -2.52. The highest BCUT2D eigenvalue weighted by Crippen LogP contribution is 2.22. The molecule has 0 unspecified atom stereocenters. The van der Waals surface area contributed by atoms with Crippen molar-refractivity contribution in [3.63, 3.8) is 0 Å². The summed E-state index contributed by atoms with van der Waals surface area (Å²) >= 11 is 12.1. The molecule has 7 heteroatoms. The lowest BCUT2D eigenvalue weighted by molar-refractivity contribution is -0.143. The number of hydrogen-bond acceptors (Lipinski definition) is 3. The third-order valence-corrected chi connectivity index (χ3v) is 6.52. The highest BCUT2D eigenvalue weighted by atomic mass is 35.5. The Hall–Kier alpha value is -2.24. The number of amides is 2. The van der Waals surface area contributed by atoms with Gasteiger partial charge in [0.1, 0.15) is 11.8 Å². The minimum absolute atomic E-state index is 0.107. The smallest absolute Gasteiger partial charge is 0.261 e. The Morgan fingerprint density at radius 2 is 1.81 bits per heavy atom. The van der Waals surface area contributed by atoms with E-state index in [1.54, 1.807) is 35.2 Å². The van der Waals surface area contributed by atoms with Gasteiger partial charge >= 0.3 is 0 Å². The van der Waals surface area contributed by atoms with Crippen LogP contribution < -0.4 is 10.1 Å². The van der Waals surface area contributed by atoms with Gasteiger partial charge in [0.2, 0.25) is 5.91 Å². The summed E-state index contributed by atoms with van der Waals surface area (Å²) in [6, 6.07) is 12.2. The number of hydrogen-bond donors (Lipinski definition) is 1. The Bertz CT molecular complexity index is 927. The minimum Gasteiger partial charge on any atom is -0.484 e. The fourth-order valence-electron chi connectivity index (χ4n) is 4.01. The Labute approximate surface area is 200 Å². The molecule has 5 nitrogen and oxygen atoms in total. The minimum atomic E-state index is -0.575. The van der Waals surface area contributed by atoms with Gasteiger partial charge in [-0.15, -0.1) is 0 Å². The number of benzene rings is 2. The molecule has 1 atom stereocenters. The fourth-order valence-corrected chi connectivity index (χ4v) is 4.25. The molecule has 0 heterocycles. The number of ether oxygens (including phenoxy) is 1. The van der Waals surface area contributed by atoms with Crippen LogP contribution in [0.2, 0.25) is 10.0 Å². The standard InChI is InChI=1S/C25H30Cl2N2O3/c1-3-23(25(31)28-20-6-4-5-7-20)29(15-18-8-10-19(26)11-9-18)24(30)16-32-21-12-13-22(27)17(2)14-21/h8-14,20,23H,3-7,15-16H2,1-2H3,(H,28,31)/t23-/m1/s1. The van der Waals surface area contributed by atoms with E-state index >= 15 is 0 Å². The van der Waals surface area contributed by atoms with E-state index in [4.69, 9.17) is 27.9 Å². The number of aryl methyl sites for hydroxylation is 1. The fraction of sp³-hybridized carbons (Fsp3) is 0.440. The quantitative estimate of drug-likeness (QED) is 0.516. The summed E-state index contributed by atoms with van der Waals surface area (Å²) < 4.78 is 5.75. The van der Waals surface area contributed by atoms with Gasteiger partial charge in [-0.05, 0) is 67.6 Å². The molecule has 1 aliphatic carbocycles. The van der Waals surface area contributed by atoms with Crippen molar-refractivity contribution in [2.24, 2.45) is 0 Å². The number of nitrogens with one attached hydrogen (secondary N) is 1. The Kier molecular flexibility index (Phi) is 8.83. The van der Waals surface area contributed by atoms with Gasteiger partial charge < -0.3 is 15.0 Å². The second-order valence-electron chi connectivity index (χ2n) is 8.26. The molecule has 0 radical (unpaired) electrons. The first-order valence-corrected chi connectivity index (χ1v) is 11.9. The van der Waals surface area contributed by atoms with E-state index in [0.29, 0.717) is 28.8 Å². The van der Waals surface area contributed by atoms with Gasteiger partial charge in [0.15, 0.2) is 6.61 Å². The van der Waals surface area contributed by atoms with Gasteiger partial charge in [-0.1, -0.05) is 55.1 Å². The molecular formula is C25H30Cl2N2O3. The van der Waals surface area contributed by atoms with E-state index in [-0.39, 0.29) is 24.5 Å². The molecule has 3 rings (SSSR count). The maximum atomic E-state index is 13.3. The zero-order valence-corrected chi connectivity index (χ0v) is 20.1. The first-order valence-electron chi connectivity index (χ1n) is 11.1. The normalized spacial score (nSPS) is 14.8. The van der Waals surface area contributed by atoms with Crippen LogP contribution in [-0.2, 0) is 16.1 Å². The lowest BCUT2D eigenvalue weighted by Gasteiger charge is -2.31. The Morgan fingerprint density at radius 3 is 2.44 bits per heavy atom. The lowest BCUT2D eigenvalue weighted by atomic mass is 10.1. The predicted octanol–water partition coefficient (Wildman–Crippen LogP) is 5.55. The molecule has 32 heavy (non-hydrogen) atoms. The molecule has 2 aromatic carbocycles. The summed E-state index contributed by atoms with van der Waals surface area (Å²) in [5.41, 5.74) is 1.77. The van der Waals surface area contributed by atoms with Crippen LogP contribution in [0.15, 0.2) is 42.5 Å². The predicted molar refractivity (Wildman–Crippen MR) is 128 cm³/mol. The van der Waals surface area contributed by atoms with Crippen LogP contribution in [0.3, 0.4) is 0 Å². The molecule has 0 aromatic heterocycles. The molecule has 0 spiro atoms. The summed E-state index contributed by atoms with van der Waals surface area (Å²) in [4.78, 5) is 28.0. The number of nitrogens with zero attached hydrogens (tertiary/aromatic N) is 1. The van der Waals surface area contributed by atoms with Crippen molar-refractivity contribution in [1.29, 1.82) is 0 Å². The van der Waals surface area contributed by atoms with E-state index in [9.17, 15) is 9.59 Å². The average molecular weight is 477 g/mol. The van der Waals surface area contributed by atoms with Crippen molar-refractivity contribution in [2.75, 3.05) is 6.61 Å². The van der Waals surface area contributed by atoms with Gasteiger partial charge in [0.25, 0.3) is 5.91 Å². The molecule has 172 valence electrons. The Balaban J connectivity index is 1.75. The maximum Gasteiger partial charge on any atom is 0.261 e. The average Bonchev–Trinajstić information content (AvgIpc) is 3.28. The molecule has 1 saturated carbocycles. The zero-order chi connectivity index (χ0) is 23.1.